The molecule has 1 aliphatic rings. The van der Waals surface area contributed by atoms with Gasteiger partial charge in [0.2, 0.25) is 5.91 Å². The van der Waals surface area contributed by atoms with Crippen LogP contribution in [0.15, 0.2) is 143 Å². The number of thioether (sulfide) groups is 1. The van der Waals surface area contributed by atoms with Gasteiger partial charge in [0.05, 0.1) is 5.56 Å². The predicted octanol–water partition coefficient (Wildman–Crippen LogP) is 9.84. The molecule has 0 spiro atoms. The maximum atomic E-state index is 14.2. The average molecular weight is 751 g/mol. The van der Waals surface area contributed by atoms with Gasteiger partial charge in [0.15, 0.2) is 0 Å². The van der Waals surface area contributed by atoms with Crippen molar-refractivity contribution in [1.29, 1.82) is 5.26 Å². The molecule has 2 unspecified atom stereocenters. The summed E-state index contributed by atoms with van der Waals surface area (Å²) < 4.78 is 0. The summed E-state index contributed by atoms with van der Waals surface area (Å²) in [5, 5.41) is 20.9. The molecule has 3 amide bonds. The first-order chi connectivity index (χ1) is 25.9. The molecule has 0 aliphatic heterocycles. The zero-order valence-corrected chi connectivity index (χ0v) is 30.9. The van der Waals surface area contributed by atoms with Gasteiger partial charge in [-0.25, -0.2) is 0 Å². The Kier molecular flexibility index (Phi) is 11.3. The fourth-order valence-corrected chi connectivity index (χ4v) is 9.34. The van der Waals surface area contributed by atoms with Crippen LogP contribution in [0.25, 0.3) is 6.08 Å². The third kappa shape index (κ3) is 8.67. The minimum Gasteiger partial charge on any atom is -0.321 e. The van der Waals surface area contributed by atoms with Gasteiger partial charge in [0, 0.05) is 25.9 Å². The molecular weight excluding hydrogens is 717 g/mol. The second kappa shape index (κ2) is 16.7. The molecule has 0 saturated carbocycles. The van der Waals surface area contributed by atoms with Crippen LogP contribution >= 0.6 is 34.4 Å². The predicted molar refractivity (Wildman–Crippen MR) is 215 cm³/mol. The van der Waals surface area contributed by atoms with Gasteiger partial charge in [-0.05, 0) is 89.7 Å². The summed E-state index contributed by atoms with van der Waals surface area (Å²) in [4.78, 5) is 43.5. The van der Waals surface area contributed by atoms with Crippen molar-refractivity contribution in [2.75, 3.05) is 10.6 Å². The van der Waals surface area contributed by atoms with E-state index in [1.807, 2.05) is 78.2 Å². The fraction of sp³-hybridized carbons (Fsp3) is 0.116. The number of benzene rings is 4. The molecule has 0 bridgehead atoms. The summed E-state index contributed by atoms with van der Waals surface area (Å²) in [6, 6.07) is 42.1. The molecule has 1 aliphatic carbocycles. The Hall–Kier alpha value is -5.73. The second-order valence-corrected chi connectivity index (χ2v) is 15.7. The first-order valence-electron chi connectivity index (χ1n) is 17.1. The van der Waals surface area contributed by atoms with Crippen LogP contribution in [0.1, 0.15) is 60.0 Å². The van der Waals surface area contributed by atoms with Crippen molar-refractivity contribution in [3.8, 4) is 6.07 Å². The highest BCUT2D eigenvalue weighted by atomic mass is 32.2. The van der Waals surface area contributed by atoms with Crippen molar-refractivity contribution < 1.29 is 14.4 Å². The van der Waals surface area contributed by atoms with E-state index in [-0.39, 0.29) is 11.6 Å². The van der Waals surface area contributed by atoms with E-state index < -0.39 is 17.1 Å². The molecule has 2 heterocycles. The summed E-state index contributed by atoms with van der Waals surface area (Å²) in [6.07, 6.45) is 4.23. The van der Waals surface area contributed by atoms with Crippen molar-refractivity contribution in [2.24, 2.45) is 0 Å². The number of hydrogen-bond donors (Lipinski definition) is 3. The highest BCUT2D eigenvalue weighted by Gasteiger charge is 2.29. The number of nitriles is 1. The van der Waals surface area contributed by atoms with Gasteiger partial charge in [0.25, 0.3) is 11.8 Å². The number of thiophene rings is 2. The highest BCUT2D eigenvalue weighted by Crippen LogP contribution is 2.44. The maximum absolute atomic E-state index is 14.2. The number of anilines is 2. The summed E-state index contributed by atoms with van der Waals surface area (Å²) in [6.45, 7) is 0. The van der Waals surface area contributed by atoms with E-state index in [0.29, 0.717) is 27.7 Å². The van der Waals surface area contributed by atoms with E-state index in [2.05, 4.69) is 46.3 Å². The molecule has 4 aromatic carbocycles. The van der Waals surface area contributed by atoms with E-state index in [4.69, 9.17) is 0 Å². The largest absolute Gasteiger partial charge is 0.321 e. The summed E-state index contributed by atoms with van der Waals surface area (Å²) >= 11 is 4.31. The van der Waals surface area contributed by atoms with Crippen molar-refractivity contribution >= 4 is 68.9 Å². The normalized spacial score (nSPS) is 14.3. The van der Waals surface area contributed by atoms with Gasteiger partial charge in [0.1, 0.15) is 22.0 Å². The lowest BCUT2D eigenvalue weighted by Crippen LogP contribution is -2.30. The number of nitrogens with one attached hydrogen (secondary N) is 3. The minimum absolute atomic E-state index is 0.0999. The fourth-order valence-electron chi connectivity index (χ4n) is 6.32. The Balaban J connectivity index is 1.10. The van der Waals surface area contributed by atoms with E-state index in [1.165, 1.54) is 40.0 Å². The number of carbonyl (C=O) groups excluding carboxylic acids is 3. The quantitative estimate of drug-likeness (QED) is 0.0902. The van der Waals surface area contributed by atoms with Crippen molar-refractivity contribution in [1.82, 2.24) is 5.32 Å². The van der Waals surface area contributed by atoms with Crippen LogP contribution in [-0.4, -0.2) is 17.7 Å². The molecule has 0 fully saturated rings. The number of rotatable bonds is 11. The second-order valence-electron chi connectivity index (χ2n) is 12.4. The van der Waals surface area contributed by atoms with Gasteiger partial charge in [-0.2, -0.15) is 5.26 Å². The number of fused-ring (bicyclic) bond motifs is 1. The van der Waals surface area contributed by atoms with Gasteiger partial charge in [-0.1, -0.05) is 91.0 Å². The van der Waals surface area contributed by atoms with Gasteiger partial charge in [-0.3, -0.25) is 14.4 Å². The molecule has 53 heavy (non-hydrogen) atoms. The zero-order chi connectivity index (χ0) is 36.6. The van der Waals surface area contributed by atoms with Crippen molar-refractivity contribution in [3.05, 3.63) is 176 Å². The van der Waals surface area contributed by atoms with Gasteiger partial charge in [-0.15, -0.1) is 34.4 Å². The third-order valence-corrected chi connectivity index (χ3v) is 12.2. The molecule has 2 atom stereocenters. The summed E-state index contributed by atoms with van der Waals surface area (Å²) in [5.74, 6) is -0.746. The summed E-state index contributed by atoms with van der Waals surface area (Å²) in [5.41, 5.74) is 4.73. The Bertz CT molecular complexity index is 2300. The lowest BCUT2D eigenvalue weighted by molar-refractivity contribution is -0.116. The molecule has 0 saturated heterocycles. The Morgan fingerprint density at radius 1 is 0.849 bits per heavy atom. The van der Waals surface area contributed by atoms with Crippen LogP contribution in [0.3, 0.4) is 0 Å². The van der Waals surface area contributed by atoms with Crippen molar-refractivity contribution in [2.45, 2.75) is 35.3 Å². The summed E-state index contributed by atoms with van der Waals surface area (Å²) in [7, 11) is 0. The van der Waals surface area contributed by atoms with E-state index >= 15 is 0 Å². The van der Waals surface area contributed by atoms with Crippen LogP contribution < -0.4 is 16.0 Å². The van der Waals surface area contributed by atoms with E-state index in [1.54, 1.807) is 36.4 Å². The smallest absolute Gasteiger partial charge is 0.272 e. The molecule has 262 valence electrons. The first kappa shape index (κ1) is 35.7. The van der Waals surface area contributed by atoms with Crippen LogP contribution in [0, 0.1) is 11.3 Å². The molecule has 2 aromatic heterocycles. The Morgan fingerprint density at radius 3 is 2.30 bits per heavy atom. The van der Waals surface area contributed by atoms with Crippen LogP contribution in [0.2, 0.25) is 0 Å². The standard InChI is InChI=1S/C43H34N4O3S3/c44-27-36-35-22-21-31(28-12-4-1-5-13-28)24-38(35)53-43(36)47-42(50)39(29-14-6-2-7-15-29)52-34-19-10-18-32(25-34)45-41(49)37(26-33-20-11-23-51-33)46-40(48)30-16-8-3-9-17-30/h1-20,23,25-26,31,39H,21-22,24H2,(H,45,49)(H,46,48)(H,47,50)/b37-26-. The van der Waals surface area contributed by atoms with E-state index in [9.17, 15) is 19.6 Å². The topological polar surface area (TPSA) is 111 Å². The highest BCUT2D eigenvalue weighted by molar-refractivity contribution is 8.00. The van der Waals surface area contributed by atoms with Crippen LogP contribution in [-0.2, 0) is 22.4 Å². The number of nitrogens with zero attached hydrogens (tertiary/aromatic N) is 1. The van der Waals surface area contributed by atoms with Gasteiger partial charge < -0.3 is 16.0 Å². The first-order valence-corrected chi connectivity index (χ1v) is 19.7. The molecule has 3 N–H and O–H groups in total. The van der Waals surface area contributed by atoms with Crippen LogP contribution in [0.5, 0.6) is 0 Å². The Morgan fingerprint density at radius 2 is 1.58 bits per heavy atom. The molecule has 6 aromatic rings. The van der Waals surface area contributed by atoms with Crippen LogP contribution in [0.4, 0.5) is 10.7 Å². The van der Waals surface area contributed by atoms with Crippen molar-refractivity contribution in [3.63, 3.8) is 0 Å². The third-order valence-electron chi connectivity index (χ3n) is 8.93. The molecule has 7 rings (SSSR count). The van der Waals surface area contributed by atoms with E-state index in [0.717, 1.165) is 45.0 Å². The number of amides is 3. The molecule has 10 heteroatoms. The lowest BCUT2D eigenvalue weighted by Gasteiger charge is -2.22. The molecular formula is C43H34N4O3S3. The molecule has 0 radical (unpaired) electrons. The van der Waals surface area contributed by atoms with Gasteiger partial charge >= 0.3 is 0 Å². The zero-order valence-electron chi connectivity index (χ0n) is 28.5. The number of carbonyl (C=O) groups is 3. The lowest BCUT2D eigenvalue weighted by atomic mass is 9.83. The monoisotopic (exact) mass is 750 g/mol. The minimum atomic E-state index is -0.649. The maximum Gasteiger partial charge on any atom is 0.272 e. The SMILES string of the molecule is N#Cc1c(NC(=O)C(Sc2cccc(NC(=O)/C(=C/c3cccs3)NC(=O)c3ccccc3)c2)c2ccccc2)sc2c1CCC(c1ccccc1)C2. The molecule has 7 nitrogen and oxygen atoms in total. The average Bonchev–Trinajstić information content (AvgIpc) is 3.84. The number of hydrogen-bond acceptors (Lipinski definition) is 7. The Labute approximate surface area is 320 Å².